The Hall–Kier alpha value is -4.21. The number of benzene rings is 2. The van der Waals surface area contributed by atoms with Crippen LogP contribution in [0.5, 0.6) is 11.5 Å². The first-order valence-electron chi connectivity index (χ1n) is 10.2. The Balaban J connectivity index is 1.57. The van der Waals surface area contributed by atoms with E-state index in [2.05, 4.69) is 15.3 Å². The fraction of sp³-hybridized carbons (Fsp3) is 0.217. The van der Waals surface area contributed by atoms with Gasteiger partial charge >= 0.3 is 5.97 Å². The maximum absolute atomic E-state index is 15.5. The van der Waals surface area contributed by atoms with Crippen LogP contribution in [0.2, 0.25) is 0 Å². The molecule has 33 heavy (non-hydrogen) atoms. The number of carboxylic acid groups (broad SMARTS) is 1. The Kier molecular flexibility index (Phi) is 6.07. The number of carbonyl (C=O) groups is 2. The summed E-state index contributed by atoms with van der Waals surface area (Å²) in [4.78, 5) is 31.6. The molecule has 4 rings (SSSR count). The molecule has 1 amide bonds. The van der Waals surface area contributed by atoms with E-state index in [0.29, 0.717) is 5.56 Å². The second-order valence-corrected chi connectivity index (χ2v) is 7.67. The Morgan fingerprint density at radius 2 is 1.97 bits per heavy atom. The second kappa shape index (κ2) is 9.11. The second-order valence-electron chi connectivity index (χ2n) is 7.67. The molecule has 0 radical (unpaired) electrons. The maximum atomic E-state index is 15.5. The molecule has 3 aromatic rings. The van der Waals surface area contributed by atoms with Crippen LogP contribution in [0, 0.1) is 5.82 Å². The number of phenolic OH excluding ortho intramolecular Hbond substituents is 1. The number of nitrogens with zero attached hydrogens (tertiary/aromatic N) is 2. The molecule has 0 atom stereocenters. The Morgan fingerprint density at radius 3 is 2.61 bits per heavy atom. The third-order valence-corrected chi connectivity index (χ3v) is 5.49. The molecule has 0 unspecified atom stereocenters. The van der Waals surface area contributed by atoms with Crippen molar-refractivity contribution in [2.45, 2.75) is 25.2 Å². The average Bonchev–Trinajstić information content (AvgIpc) is 2.74. The van der Waals surface area contributed by atoms with Gasteiger partial charge in [-0.05, 0) is 43.0 Å². The third kappa shape index (κ3) is 4.69. The molecule has 0 saturated heterocycles. The van der Waals surface area contributed by atoms with Gasteiger partial charge in [0, 0.05) is 11.1 Å². The molecule has 9 nitrogen and oxygen atoms in total. The summed E-state index contributed by atoms with van der Waals surface area (Å²) in [5, 5.41) is 21.4. The normalized spacial score (nSPS) is 13.2. The summed E-state index contributed by atoms with van der Waals surface area (Å²) >= 11 is 0. The van der Waals surface area contributed by atoms with Crippen LogP contribution in [0.3, 0.4) is 0 Å². The summed E-state index contributed by atoms with van der Waals surface area (Å²) in [6.07, 6.45) is 5.47. The minimum atomic E-state index is -1.21. The highest BCUT2D eigenvalue weighted by molar-refractivity contribution is 5.96. The number of anilines is 2. The quantitative estimate of drug-likeness (QED) is 0.398. The number of hydrogen-bond acceptors (Lipinski definition) is 7. The molecule has 1 aliphatic rings. The number of aromatic hydroxyl groups is 1. The predicted octanol–water partition coefficient (Wildman–Crippen LogP) is 3.55. The monoisotopic (exact) mass is 452 g/mol. The van der Waals surface area contributed by atoms with Crippen molar-refractivity contribution >= 4 is 23.4 Å². The van der Waals surface area contributed by atoms with E-state index in [9.17, 15) is 14.7 Å². The zero-order chi connectivity index (χ0) is 23.5. The number of phenols is 1. The summed E-state index contributed by atoms with van der Waals surface area (Å²) in [5.41, 5.74) is 6.45. The van der Waals surface area contributed by atoms with E-state index in [1.54, 1.807) is 12.1 Å². The van der Waals surface area contributed by atoms with Crippen LogP contribution in [-0.4, -0.2) is 38.7 Å². The van der Waals surface area contributed by atoms with Gasteiger partial charge in [-0.25, -0.2) is 14.2 Å². The van der Waals surface area contributed by atoms with Gasteiger partial charge in [0.2, 0.25) is 0 Å². The van der Waals surface area contributed by atoms with Crippen molar-refractivity contribution in [3.8, 4) is 22.8 Å². The molecular weight excluding hydrogens is 431 g/mol. The zero-order valence-electron chi connectivity index (χ0n) is 17.4. The number of aromatic nitrogens is 2. The summed E-state index contributed by atoms with van der Waals surface area (Å²) in [6, 6.07) is 6.85. The fourth-order valence-electron chi connectivity index (χ4n) is 3.53. The molecule has 5 N–H and O–H groups in total. The van der Waals surface area contributed by atoms with Crippen molar-refractivity contribution in [1.29, 1.82) is 0 Å². The lowest BCUT2D eigenvalue weighted by Gasteiger charge is -2.28. The summed E-state index contributed by atoms with van der Waals surface area (Å²) in [7, 11) is 0. The zero-order valence-corrected chi connectivity index (χ0v) is 17.4. The summed E-state index contributed by atoms with van der Waals surface area (Å²) in [5.74, 6) is -2.59. The highest BCUT2D eigenvalue weighted by atomic mass is 19.1. The van der Waals surface area contributed by atoms with E-state index in [1.807, 2.05) is 0 Å². The average molecular weight is 452 g/mol. The lowest BCUT2D eigenvalue weighted by Crippen LogP contribution is -2.22. The molecule has 0 aliphatic heterocycles. The van der Waals surface area contributed by atoms with Gasteiger partial charge in [-0.2, -0.15) is 0 Å². The van der Waals surface area contributed by atoms with Crippen LogP contribution < -0.4 is 15.8 Å². The van der Waals surface area contributed by atoms with Crippen molar-refractivity contribution in [3.63, 3.8) is 0 Å². The van der Waals surface area contributed by atoms with Crippen LogP contribution in [0.4, 0.5) is 15.9 Å². The standard InChI is InChI=1S/C23H21FN4O5/c24-21-15(17-9-27-19(25)10-26-17)6-5-14(12-2-1-3-12)22(21)33-11-20(30)28-16-8-13(23(31)32)4-7-18(16)29/h4-10,12,29H,1-3,11H2,(H2,25,27)(H,28,30)(H,31,32). The molecule has 10 heteroatoms. The van der Waals surface area contributed by atoms with Crippen molar-refractivity contribution in [2.24, 2.45) is 0 Å². The van der Waals surface area contributed by atoms with Gasteiger partial charge in [-0.1, -0.05) is 12.5 Å². The van der Waals surface area contributed by atoms with E-state index in [1.165, 1.54) is 18.5 Å². The van der Waals surface area contributed by atoms with Crippen LogP contribution in [0.1, 0.15) is 41.1 Å². The van der Waals surface area contributed by atoms with Crippen molar-refractivity contribution in [1.82, 2.24) is 9.97 Å². The Bertz CT molecular complexity index is 1210. The van der Waals surface area contributed by atoms with Gasteiger partial charge in [0.05, 0.1) is 29.3 Å². The van der Waals surface area contributed by atoms with E-state index < -0.39 is 24.3 Å². The number of carboxylic acids is 1. The van der Waals surface area contributed by atoms with Crippen LogP contribution in [-0.2, 0) is 4.79 Å². The van der Waals surface area contributed by atoms with Crippen LogP contribution in [0.25, 0.3) is 11.3 Å². The van der Waals surface area contributed by atoms with Gasteiger partial charge < -0.3 is 26.0 Å². The molecule has 0 bridgehead atoms. The van der Waals surface area contributed by atoms with Gasteiger partial charge in [-0.15, -0.1) is 0 Å². The van der Waals surface area contributed by atoms with E-state index in [4.69, 9.17) is 15.6 Å². The summed E-state index contributed by atoms with van der Waals surface area (Å²) in [6.45, 7) is -0.551. The Labute approximate surface area is 188 Å². The number of hydrogen-bond donors (Lipinski definition) is 4. The number of nitrogen functional groups attached to an aromatic ring is 1. The SMILES string of the molecule is Nc1cnc(-c2ccc(C3CCC3)c(OCC(=O)Nc3cc(C(=O)O)ccc3O)c2F)cn1. The van der Waals surface area contributed by atoms with Crippen molar-refractivity contribution in [3.05, 3.63) is 59.7 Å². The van der Waals surface area contributed by atoms with E-state index in [0.717, 1.165) is 31.4 Å². The fourth-order valence-corrected chi connectivity index (χ4v) is 3.53. The smallest absolute Gasteiger partial charge is 0.335 e. The minimum absolute atomic E-state index is 0.0468. The van der Waals surface area contributed by atoms with Crippen molar-refractivity contribution in [2.75, 3.05) is 17.7 Å². The molecule has 2 aromatic carbocycles. The van der Waals surface area contributed by atoms with E-state index in [-0.39, 0.29) is 45.7 Å². The first-order chi connectivity index (χ1) is 15.8. The molecule has 1 aliphatic carbocycles. The molecule has 1 saturated carbocycles. The Morgan fingerprint density at radius 1 is 1.18 bits per heavy atom. The van der Waals surface area contributed by atoms with Crippen LogP contribution >= 0.6 is 0 Å². The maximum Gasteiger partial charge on any atom is 0.335 e. The van der Waals surface area contributed by atoms with Crippen molar-refractivity contribution < 1.29 is 28.9 Å². The topological polar surface area (TPSA) is 148 Å². The first kappa shape index (κ1) is 22.0. The summed E-state index contributed by atoms with van der Waals surface area (Å²) < 4.78 is 21.1. The number of nitrogens with one attached hydrogen (secondary N) is 1. The van der Waals surface area contributed by atoms with Gasteiger partial charge in [0.25, 0.3) is 5.91 Å². The van der Waals surface area contributed by atoms with Gasteiger partial charge in [0.1, 0.15) is 11.6 Å². The number of nitrogens with two attached hydrogens (primary N) is 1. The lowest BCUT2D eigenvalue weighted by molar-refractivity contribution is -0.118. The number of ether oxygens (including phenoxy) is 1. The van der Waals surface area contributed by atoms with Gasteiger partial charge in [0.15, 0.2) is 18.2 Å². The first-order valence-corrected chi connectivity index (χ1v) is 10.2. The number of rotatable bonds is 7. The largest absolute Gasteiger partial charge is 0.506 e. The molecular formula is C23H21FN4O5. The molecule has 1 fully saturated rings. The van der Waals surface area contributed by atoms with Crippen LogP contribution in [0.15, 0.2) is 42.7 Å². The molecule has 0 spiro atoms. The molecule has 1 aromatic heterocycles. The molecule has 1 heterocycles. The lowest BCUT2D eigenvalue weighted by atomic mass is 9.79. The number of amides is 1. The minimum Gasteiger partial charge on any atom is -0.506 e. The molecule has 170 valence electrons. The number of aromatic carboxylic acids is 1. The highest BCUT2D eigenvalue weighted by Gasteiger charge is 2.27. The number of halogens is 1. The third-order valence-electron chi connectivity index (χ3n) is 5.49. The highest BCUT2D eigenvalue weighted by Crippen LogP contribution is 2.43. The number of carbonyl (C=O) groups excluding carboxylic acids is 1. The predicted molar refractivity (Wildman–Crippen MR) is 118 cm³/mol. The van der Waals surface area contributed by atoms with E-state index >= 15 is 4.39 Å². The van der Waals surface area contributed by atoms with Gasteiger partial charge in [-0.3, -0.25) is 9.78 Å².